The third-order valence-electron chi connectivity index (χ3n) is 2.67. The zero-order chi connectivity index (χ0) is 13.0. The Bertz CT molecular complexity index is 491. The number of nitrogens with zero attached hydrogens (tertiary/aromatic N) is 2. The van der Waals surface area contributed by atoms with Crippen LogP contribution in [0.25, 0.3) is 0 Å². The summed E-state index contributed by atoms with van der Waals surface area (Å²) in [4.78, 5) is 8.18. The molecule has 1 aromatic heterocycles. The van der Waals surface area contributed by atoms with Gasteiger partial charge in [-0.1, -0.05) is 26.0 Å². The van der Waals surface area contributed by atoms with Gasteiger partial charge in [-0.2, -0.15) is 0 Å². The van der Waals surface area contributed by atoms with E-state index in [-0.39, 0.29) is 0 Å². The van der Waals surface area contributed by atoms with Gasteiger partial charge in [0.2, 0.25) is 0 Å². The Morgan fingerprint density at radius 2 is 1.72 bits per heavy atom. The summed E-state index contributed by atoms with van der Waals surface area (Å²) >= 11 is 0. The monoisotopic (exact) mass is 243 g/mol. The molecular weight excluding hydrogens is 226 g/mol. The van der Waals surface area contributed by atoms with Gasteiger partial charge in [-0.3, -0.25) is 0 Å². The van der Waals surface area contributed by atoms with E-state index in [0.717, 1.165) is 11.3 Å². The van der Waals surface area contributed by atoms with Gasteiger partial charge in [0.05, 0.1) is 0 Å². The summed E-state index contributed by atoms with van der Waals surface area (Å²) in [6.45, 7) is 4.75. The molecule has 0 saturated heterocycles. The summed E-state index contributed by atoms with van der Waals surface area (Å²) < 4.78 is 5.55. The standard InChI is InChI=1S/C14H17N3O/c1-10(2)12-3-5-13(6-4-12)18-14-16-8-11(7-15)9-17-14/h3-6,8-10H,7,15H2,1-2H3. The van der Waals surface area contributed by atoms with Crippen LogP contribution in [-0.4, -0.2) is 9.97 Å². The molecule has 0 bridgehead atoms. The van der Waals surface area contributed by atoms with Crippen LogP contribution in [0.4, 0.5) is 0 Å². The lowest BCUT2D eigenvalue weighted by Crippen LogP contribution is -1.99. The molecule has 0 unspecified atom stereocenters. The number of nitrogens with two attached hydrogens (primary N) is 1. The lowest BCUT2D eigenvalue weighted by molar-refractivity contribution is 0.441. The van der Waals surface area contributed by atoms with Crippen LogP contribution in [0.3, 0.4) is 0 Å². The molecule has 0 fully saturated rings. The van der Waals surface area contributed by atoms with Crippen LogP contribution < -0.4 is 10.5 Å². The zero-order valence-electron chi connectivity index (χ0n) is 10.6. The first kappa shape index (κ1) is 12.5. The number of benzene rings is 1. The summed E-state index contributed by atoms with van der Waals surface area (Å²) in [6, 6.07) is 8.29. The summed E-state index contributed by atoms with van der Waals surface area (Å²) in [5, 5.41) is 0. The van der Waals surface area contributed by atoms with Gasteiger partial charge in [0.15, 0.2) is 0 Å². The highest BCUT2D eigenvalue weighted by Gasteiger charge is 2.02. The van der Waals surface area contributed by atoms with Crippen LogP contribution in [0.5, 0.6) is 11.8 Å². The third kappa shape index (κ3) is 3.05. The third-order valence-corrected chi connectivity index (χ3v) is 2.67. The quantitative estimate of drug-likeness (QED) is 0.897. The summed E-state index contributed by atoms with van der Waals surface area (Å²) in [6.07, 6.45) is 3.34. The molecule has 2 N–H and O–H groups in total. The topological polar surface area (TPSA) is 61.0 Å². The molecule has 0 saturated carbocycles. The molecule has 0 radical (unpaired) electrons. The number of hydrogen-bond donors (Lipinski definition) is 1. The molecule has 0 aliphatic heterocycles. The molecule has 2 rings (SSSR count). The van der Waals surface area contributed by atoms with Crippen molar-refractivity contribution in [2.75, 3.05) is 0 Å². The van der Waals surface area contributed by atoms with Crippen molar-refractivity contribution < 1.29 is 4.74 Å². The Morgan fingerprint density at radius 3 is 2.22 bits per heavy atom. The van der Waals surface area contributed by atoms with Crippen molar-refractivity contribution in [1.29, 1.82) is 0 Å². The molecule has 0 amide bonds. The predicted octanol–water partition coefficient (Wildman–Crippen LogP) is 2.85. The first-order valence-corrected chi connectivity index (χ1v) is 5.98. The van der Waals surface area contributed by atoms with Gasteiger partial charge >= 0.3 is 6.01 Å². The highest BCUT2D eigenvalue weighted by molar-refractivity contribution is 5.30. The zero-order valence-corrected chi connectivity index (χ0v) is 10.6. The normalized spacial score (nSPS) is 10.7. The first-order chi connectivity index (χ1) is 8.69. The minimum absolute atomic E-state index is 0.337. The average molecular weight is 243 g/mol. The summed E-state index contributed by atoms with van der Waals surface area (Å²) in [7, 11) is 0. The first-order valence-electron chi connectivity index (χ1n) is 5.98. The number of rotatable bonds is 4. The molecule has 18 heavy (non-hydrogen) atoms. The lowest BCUT2D eigenvalue weighted by atomic mass is 10.0. The van der Waals surface area contributed by atoms with E-state index in [1.807, 2.05) is 24.3 Å². The smallest absolute Gasteiger partial charge is 0.321 e. The molecule has 1 heterocycles. The minimum Gasteiger partial charge on any atom is -0.424 e. The van der Waals surface area contributed by atoms with Crippen LogP contribution in [0.2, 0.25) is 0 Å². The average Bonchev–Trinajstić information content (AvgIpc) is 2.40. The van der Waals surface area contributed by atoms with Gasteiger partial charge in [0, 0.05) is 24.5 Å². The second-order valence-electron chi connectivity index (χ2n) is 4.40. The van der Waals surface area contributed by atoms with Gasteiger partial charge in [0.25, 0.3) is 0 Å². The molecule has 0 atom stereocenters. The van der Waals surface area contributed by atoms with Crippen molar-refractivity contribution in [3.05, 3.63) is 47.8 Å². The lowest BCUT2D eigenvalue weighted by Gasteiger charge is -2.07. The van der Waals surface area contributed by atoms with E-state index in [1.54, 1.807) is 12.4 Å². The Hall–Kier alpha value is -1.94. The van der Waals surface area contributed by atoms with Crippen LogP contribution in [0.1, 0.15) is 30.9 Å². The van der Waals surface area contributed by atoms with Crippen molar-refractivity contribution >= 4 is 0 Å². The molecule has 0 spiro atoms. The molecule has 0 aliphatic carbocycles. The van der Waals surface area contributed by atoms with E-state index < -0.39 is 0 Å². The maximum absolute atomic E-state index is 5.55. The summed E-state index contributed by atoms with van der Waals surface area (Å²) in [5.74, 6) is 1.25. The van der Waals surface area contributed by atoms with E-state index in [9.17, 15) is 0 Å². The van der Waals surface area contributed by atoms with Gasteiger partial charge in [-0.25, -0.2) is 9.97 Å². The van der Waals surface area contributed by atoms with Gasteiger partial charge in [0.1, 0.15) is 5.75 Å². The maximum Gasteiger partial charge on any atom is 0.321 e. The fourth-order valence-electron chi connectivity index (χ4n) is 1.53. The van der Waals surface area contributed by atoms with Gasteiger partial charge in [-0.15, -0.1) is 0 Å². The van der Waals surface area contributed by atoms with E-state index in [2.05, 4.69) is 23.8 Å². The second kappa shape index (κ2) is 5.60. The predicted molar refractivity (Wildman–Crippen MR) is 70.5 cm³/mol. The van der Waals surface area contributed by atoms with E-state index in [0.29, 0.717) is 18.5 Å². The molecular formula is C14H17N3O. The van der Waals surface area contributed by atoms with Gasteiger partial charge in [-0.05, 0) is 23.6 Å². The number of hydrogen-bond acceptors (Lipinski definition) is 4. The fraction of sp³-hybridized carbons (Fsp3) is 0.286. The molecule has 0 aliphatic rings. The van der Waals surface area contributed by atoms with Crippen LogP contribution >= 0.6 is 0 Å². The maximum atomic E-state index is 5.55. The molecule has 1 aromatic carbocycles. The van der Waals surface area contributed by atoms with Crippen molar-refractivity contribution in [3.63, 3.8) is 0 Å². The number of ether oxygens (including phenoxy) is 1. The Balaban J connectivity index is 2.08. The Labute approximate surface area is 107 Å². The van der Waals surface area contributed by atoms with Crippen LogP contribution in [-0.2, 0) is 6.54 Å². The molecule has 4 heteroatoms. The van der Waals surface area contributed by atoms with Crippen molar-refractivity contribution in [2.45, 2.75) is 26.3 Å². The molecule has 2 aromatic rings. The Kier molecular flexibility index (Phi) is 3.89. The summed E-state index contributed by atoms with van der Waals surface area (Å²) in [5.41, 5.74) is 7.64. The van der Waals surface area contributed by atoms with Crippen LogP contribution in [0.15, 0.2) is 36.7 Å². The van der Waals surface area contributed by atoms with E-state index in [4.69, 9.17) is 10.5 Å². The highest BCUT2D eigenvalue weighted by Crippen LogP contribution is 2.21. The minimum atomic E-state index is 0.337. The molecule has 94 valence electrons. The van der Waals surface area contributed by atoms with Crippen molar-refractivity contribution in [2.24, 2.45) is 5.73 Å². The Morgan fingerprint density at radius 1 is 1.11 bits per heavy atom. The van der Waals surface area contributed by atoms with E-state index >= 15 is 0 Å². The molecule has 4 nitrogen and oxygen atoms in total. The number of aromatic nitrogens is 2. The largest absolute Gasteiger partial charge is 0.424 e. The van der Waals surface area contributed by atoms with E-state index in [1.165, 1.54) is 5.56 Å². The van der Waals surface area contributed by atoms with Gasteiger partial charge < -0.3 is 10.5 Å². The SMILES string of the molecule is CC(C)c1ccc(Oc2ncc(CN)cn2)cc1. The van der Waals surface area contributed by atoms with Crippen molar-refractivity contribution in [1.82, 2.24) is 9.97 Å². The van der Waals surface area contributed by atoms with Crippen LogP contribution in [0, 0.1) is 0 Å². The second-order valence-corrected chi connectivity index (χ2v) is 4.40. The van der Waals surface area contributed by atoms with Crippen molar-refractivity contribution in [3.8, 4) is 11.8 Å². The highest BCUT2D eigenvalue weighted by atomic mass is 16.5. The fourth-order valence-corrected chi connectivity index (χ4v) is 1.53.